The van der Waals surface area contributed by atoms with Gasteiger partial charge in [-0.25, -0.2) is 4.39 Å². The quantitative estimate of drug-likeness (QED) is 0.534. The molecule has 3 fully saturated rings. The van der Waals surface area contributed by atoms with Gasteiger partial charge in [0.2, 0.25) is 11.4 Å². The minimum absolute atomic E-state index is 0.0631. The molecule has 1 N–H and O–H groups in total. The number of rotatable bonds is 3. The monoisotopic (exact) mass is 520 g/mol. The molecule has 1 saturated carbocycles. The fourth-order valence-corrected chi connectivity index (χ4v) is 6.45. The van der Waals surface area contributed by atoms with Crippen LogP contribution >= 0.6 is 0 Å². The Morgan fingerprint density at radius 3 is 2.50 bits per heavy atom. The Hall–Kier alpha value is -3.37. The van der Waals surface area contributed by atoms with Crippen LogP contribution in [0.25, 0.3) is 16.9 Å². The summed E-state index contributed by atoms with van der Waals surface area (Å²) in [6, 6.07) is 8.34. The molecule has 10 heteroatoms. The number of nitrogens with zero attached hydrogens (tertiary/aromatic N) is 5. The first kappa shape index (κ1) is 23.7. The topological polar surface area (TPSA) is 91.3 Å². The Kier molecular flexibility index (Phi) is 4.89. The van der Waals surface area contributed by atoms with Gasteiger partial charge in [0.05, 0.1) is 12.1 Å². The zero-order chi connectivity index (χ0) is 26.4. The average molecular weight is 521 g/mol. The second-order valence-corrected chi connectivity index (χ2v) is 11.7. The number of fused-ring (bicyclic) bond motifs is 5. The second-order valence-electron chi connectivity index (χ2n) is 11.7. The number of imidazole rings is 1. The van der Waals surface area contributed by atoms with Crippen LogP contribution in [0.2, 0.25) is 0 Å². The Morgan fingerprint density at radius 2 is 1.82 bits per heavy atom. The molecule has 1 aliphatic carbocycles. The minimum atomic E-state index is -1.44. The number of amides is 2. The van der Waals surface area contributed by atoms with Gasteiger partial charge in [-0.15, -0.1) is 0 Å². The summed E-state index contributed by atoms with van der Waals surface area (Å²) in [6.45, 7) is 5.93. The number of halogens is 1. The van der Waals surface area contributed by atoms with Crippen molar-refractivity contribution in [2.45, 2.75) is 56.2 Å². The number of benzene rings is 1. The van der Waals surface area contributed by atoms with Gasteiger partial charge in [-0.05, 0) is 43.2 Å². The molecule has 0 radical (unpaired) electrons. The summed E-state index contributed by atoms with van der Waals surface area (Å²) in [4.78, 5) is 30.7. The van der Waals surface area contributed by atoms with Gasteiger partial charge in [-0.2, -0.15) is 4.57 Å². The average Bonchev–Trinajstić information content (AvgIpc) is 3.47. The number of carbonyl (C=O) groups excluding carboxylic acids is 2. The first-order chi connectivity index (χ1) is 18.1. The predicted octanol–water partition coefficient (Wildman–Crippen LogP) is 1.99. The van der Waals surface area contributed by atoms with Crippen molar-refractivity contribution < 1.29 is 28.4 Å². The highest BCUT2D eigenvalue weighted by Gasteiger charge is 2.59. The van der Waals surface area contributed by atoms with Crippen molar-refractivity contribution in [2.75, 3.05) is 32.8 Å². The van der Waals surface area contributed by atoms with Crippen molar-refractivity contribution in [1.82, 2.24) is 19.4 Å². The van der Waals surface area contributed by atoms with Crippen LogP contribution in [0.5, 0.6) is 0 Å². The fourth-order valence-electron chi connectivity index (χ4n) is 6.45. The van der Waals surface area contributed by atoms with Crippen LogP contribution in [0.1, 0.15) is 55.6 Å². The van der Waals surface area contributed by atoms with Gasteiger partial charge in [-0.3, -0.25) is 14.5 Å². The molecule has 7 rings (SSSR count). The molecule has 4 aliphatic rings. The lowest BCUT2D eigenvalue weighted by molar-refractivity contribution is -0.749. The van der Waals surface area contributed by atoms with Crippen molar-refractivity contribution in [3.63, 3.8) is 0 Å². The molecule has 198 valence electrons. The molecule has 1 aromatic carbocycles. The number of hydrogen-bond acceptors (Lipinski definition) is 5. The Labute approximate surface area is 219 Å². The number of carbonyl (C=O) groups is 2. The number of piperazine rings is 1. The molecular formula is C28H31FN5O4+. The summed E-state index contributed by atoms with van der Waals surface area (Å²) in [5, 5.41) is 16.0. The standard InChI is InChI=1S/C28H31FN5O4/c1-26(7-8-26)20-15-21(18-3-5-19(29)6-4-18)30-33-16-22-24(35)32-12-11-31(17-27(32,2)34(22)23(20)33)25(36)28(37)9-13-38-14-10-28/h3-6,15-16,37H,7-14,17H2,1-2H3/q+1. The molecule has 0 spiro atoms. The number of aromatic nitrogens is 3. The molecular weight excluding hydrogens is 489 g/mol. The van der Waals surface area contributed by atoms with Crippen LogP contribution in [0, 0.1) is 5.82 Å². The summed E-state index contributed by atoms with van der Waals surface area (Å²) in [5.41, 5.74) is 1.64. The lowest BCUT2D eigenvalue weighted by Crippen LogP contribution is -2.70. The third-order valence-electron chi connectivity index (χ3n) is 9.06. The first-order valence-corrected chi connectivity index (χ1v) is 13.3. The summed E-state index contributed by atoms with van der Waals surface area (Å²) in [6.07, 6.45) is 4.36. The van der Waals surface area contributed by atoms with Crippen LogP contribution in [0.15, 0.2) is 36.5 Å². The highest BCUT2D eigenvalue weighted by molar-refractivity contribution is 5.93. The van der Waals surface area contributed by atoms with Crippen molar-refractivity contribution in [3.8, 4) is 11.3 Å². The highest BCUT2D eigenvalue weighted by atomic mass is 19.1. The zero-order valence-corrected chi connectivity index (χ0v) is 21.6. The molecule has 9 nitrogen and oxygen atoms in total. The summed E-state index contributed by atoms with van der Waals surface area (Å²) >= 11 is 0. The molecule has 2 aromatic heterocycles. The maximum atomic E-state index is 13.7. The molecule has 1 unspecified atom stereocenters. The second kappa shape index (κ2) is 7.83. The van der Waals surface area contributed by atoms with E-state index in [9.17, 15) is 19.1 Å². The van der Waals surface area contributed by atoms with Crippen molar-refractivity contribution in [1.29, 1.82) is 0 Å². The van der Waals surface area contributed by atoms with Crippen molar-refractivity contribution in [3.05, 3.63) is 53.6 Å². The van der Waals surface area contributed by atoms with E-state index < -0.39 is 11.3 Å². The lowest BCUT2D eigenvalue weighted by atomic mass is 9.91. The molecule has 2 saturated heterocycles. The highest BCUT2D eigenvalue weighted by Crippen LogP contribution is 2.50. The summed E-state index contributed by atoms with van der Waals surface area (Å²) in [5.74, 6) is -0.692. The van der Waals surface area contributed by atoms with E-state index in [0.717, 1.165) is 29.6 Å². The van der Waals surface area contributed by atoms with E-state index in [1.165, 1.54) is 12.1 Å². The Bertz CT molecular complexity index is 1490. The van der Waals surface area contributed by atoms with E-state index >= 15 is 0 Å². The van der Waals surface area contributed by atoms with Gasteiger partial charge in [0, 0.05) is 57.0 Å². The molecule has 5 heterocycles. The van der Waals surface area contributed by atoms with Crippen LogP contribution < -0.4 is 4.57 Å². The largest absolute Gasteiger partial charge is 0.381 e. The normalized spacial score (nSPS) is 25.4. The summed E-state index contributed by atoms with van der Waals surface area (Å²) in [7, 11) is 0. The zero-order valence-electron chi connectivity index (χ0n) is 21.6. The van der Waals surface area contributed by atoms with Crippen LogP contribution in [-0.2, 0) is 20.6 Å². The van der Waals surface area contributed by atoms with Gasteiger partial charge < -0.3 is 14.7 Å². The molecule has 38 heavy (non-hydrogen) atoms. The number of aliphatic hydroxyl groups is 1. The molecule has 3 aromatic rings. The number of ether oxygens (including phenoxy) is 1. The van der Waals surface area contributed by atoms with E-state index in [-0.39, 0.29) is 42.4 Å². The lowest BCUT2D eigenvalue weighted by Gasteiger charge is -2.45. The fraction of sp³-hybridized carbons (Fsp3) is 0.500. The maximum Gasteiger partial charge on any atom is 0.313 e. The molecule has 0 bridgehead atoms. The SMILES string of the molecule is CC1(c2cc(-c3ccc(F)cc3)nn3cc4[n+](c23)C2(C)CN(C(=O)C3(O)CCOCC3)CCN2C4=O)CC1. The smallest absolute Gasteiger partial charge is 0.313 e. The van der Waals surface area contributed by atoms with Crippen molar-refractivity contribution in [2.24, 2.45) is 0 Å². The first-order valence-electron chi connectivity index (χ1n) is 13.3. The predicted molar refractivity (Wildman–Crippen MR) is 134 cm³/mol. The van der Waals surface area contributed by atoms with Crippen LogP contribution in [0.4, 0.5) is 4.39 Å². The van der Waals surface area contributed by atoms with Crippen LogP contribution in [-0.4, -0.2) is 74.8 Å². The van der Waals surface area contributed by atoms with Gasteiger partial charge in [0.25, 0.3) is 5.91 Å². The summed E-state index contributed by atoms with van der Waals surface area (Å²) < 4.78 is 22.8. The van der Waals surface area contributed by atoms with Gasteiger partial charge in [0.1, 0.15) is 17.1 Å². The molecule has 2 amide bonds. The van der Waals surface area contributed by atoms with Gasteiger partial charge in [0.15, 0.2) is 6.20 Å². The third-order valence-corrected chi connectivity index (χ3v) is 9.06. The van der Waals surface area contributed by atoms with E-state index in [4.69, 9.17) is 9.84 Å². The molecule has 1 atom stereocenters. The number of hydrogen-bond donors (Lipinski definition) is 1. The Morgan fingerprint density at radius 1 is 1.11 bits per heavy atom. The van der Waals surface area contributed by atoms with Crippen molar-refractivity contribution >= 4 is 17.5 Å². The molecule has 3 aliphatic heterocycles. The Balaban J connectivity index is 1.35. The van der Waals surface area contributed by atoms with E-state index in [1.807, 2.05) is 16.4 Å². The van der Waals surface area contributed by atoms with Gasteiger partial charge >= 0.3 is 11.6 Å². The van der Waals surface area contributed by atoms with E-state index in [0.29, 0.717) is 37.7 Å². The van der Waals surface area contributed by atoms with Crippen LogP contribution in [0.3, 0.4) is 0 Å². The van der Waals surface area contributed by atoms with E-state index in [1.54, 1.807) is 27.7 Å². The third kappa shape index (κ3) is 3.29. The minimum Gasteiger partial charge on any atom is -0.381 e. The van der Waals surface area contributed by atoms with Gasteiger partial charge in [-0.1, -0.05) is 16.5 Å². The van der Waals surface area contributed by atoms with E-state index in [2.05, 4.69) is 13.0 Å². The maximum absolute atomic E-state index is 13.7.